The van der Waals surface area contributed by atoms with E-state index in [4.69, 9.17) is 16.3 Å². The molecule has 2 aromatic rings. The summed E-state index contributed by atoms with van der Waals surface area (Å²) in [5.41, 5.74) is 2.66. The second-order valence-corrected chi connectivity index (χ2v) is 9.93. The van der Waals surface area contributed by atoms with Gasteiger partial charge in [0.25, 0.3) is 5.91 Å². The summed E-state index contributed by atoms with van der Waals surface area (Å²) < 4.78 is 32.4. The maximum absolute atomic E-state index is 12.9. The van der Waals surface area contributed by atoms with Gasteiger partial charge in [-0.2, -0.15) is 4.31 Å². The lowest BCUT2D eigenvalue weighted by molar-refractivity contribution is -0.116. The molecule has 1 saturated heterocycles. The lowest BCUT2D eigenvalue weighted by atomic mass is 10.0. The number of sulfonamides is 1. The number of aryl methyl sites for hydroxylation is 1. The van der Waals surface area contributed by atoms with Crippen LogP contribution in [-0.2, 0) is 19.6 Å². The number of nitrogens with one attached hydrogen (secondary N) is 1. The number of carbonyl (C=O) groups excluding carboxylic acids is 2. The van der Waals surface area contributed by atoms with Crippen LogP contribution in [0.2, 0.25) is 5.02 Å². The molecule has 1 N–H and O–H groups in total. The summed E-state index contributed by atoms with van der Waals surface area (Å²) in [5.74, 6) is -0.726. The van der Waals surface area contributed by atoms with Crippen molar-refractivity contribution in [1.29, 1.82) is 0 Å². The number of amides is 2. The van der Waals surface area contributed by atoms with E-state index in [-0.39, 0.29) is 41.1 Å². The zero-order valence-electron chi connectivity index (χ0n) is 18.2. The molecular formula is C22H26ClN3O5S. The van der Waals surface area contributed by atoms with E-state index in [1.165, 1.54) is 27.4 Å². The number of rotatable bonds is 6. The maximum atomic E-state index is 12.9. The minimum absolute atomic E-state index is 0.0664. The first kappa shape index (κ1) is 24.2. The van der Waals surface area contributed by atoms with Crippen LogP contribution in [-0.4, -0.2) is 69.3 Å². The third-order valence-electron chi connectivity index (χ3n) is 5.37. The molecule has 3 rings (SSSR count). The van der Waals surface area contributed by atoms with Crippen molar-refractivity contribution in [3.63, 3.8) is 0 Å². The molecule has 1 heterocycles. The van der Waals surface area contributed by atoms with Gasteiger partial charge < -0.3 is 15.0 Å². The van der Waals surface area contributed by atoms with Gasteiger partial charge in [-0.25, -0.2) is 8.42 Å². The van der Waals surface area contributed by atoms with Gasteiger partial charge in [0.15, 0.2) is 0 Å². The van der Waals surface area contributed by atoms with Crippen molar-refractivity contribution in [2.75, 3.05) is 45.2 Å². The van der Waals surface area contributed by atoms with Crippen LogP contribution < -0.4 is 5.32 Å². The number of likely N-dealkylation sites (N-methyl/N-ethyl adjacent to an activating group) is 1. The smallest absolute Gasteiger partial charge is 0.254 e. The number of morpholine rings is 1. The number of hydrogen-bond donors (Lipinski definition) is 1. The summed E-state index contributed by atoms with van der Waals surface area (Å²) in [6.45, 7) is 4.69. The number of hydrogen-bond acceptors (Lipinski definition) is 5. The van der Waals surface area contributed by atoms with Gasteiger partial charge in [0, 0.05) is 31.4 Å². The molecule has 32 heavy (non-hydrogen) atoms. The first-order chi connectivity index (χ1) is 15.1. The normalized spacial score (nSPS) is 14.8. The van der Waals surface area contributed by atoms with Crippen molar-refractivity contribution >= 4 is 39.1 Å². The standard InChI is InChI=1S/C22H26ClN3O5S/c1-15-5-4-6-18(16(15)2)22(28)25(3)14-21(27)24-17-7-8-19(23)20(13-17)32(29,30)26-9-11-31-12-10-26/h4-8,13H,9-12,14H2,1-3H3,(H,24,27). The number of halogens is 1. The fourth-order valence-corrected chi connectivity index (χ4v) is 5.29. The number of anilines is 1. The minimum Gasteiger partial charge on any atom is -0.379 e. The molecule has 0 bridgehead atoms. The Morgan fingerprint density at radius 2 is 1.84 bits per heavy atom. The monoisotopic (exact) mass is 479 g/mol. The zero-order valence-corrected chi connectivity index (χ0v) is 19.8. The lowest BCUT2D eigenvalue weighted by Gasteiger charge is -2.26. The first-order valence-electron chi connectivity index (χ1n) is 10.1. The summed E-state index contributed by atoms with van der Waals surface area (Å²) in [6.07, 6.45) is 0. The summed E-state index contributed by atoms with van der Waals surface area (Å²) in [4.78, 5) is 26.5. The molecule has 172 valence electrons. The van der Waals surface area contributed by atoms with Gasteiger partial charge >= 0.3 is 0 Å². The molecular weight excluding hydrogens is 454 g/mol. The molecule has 0 atom stereocenters. The largest absolute Gasteiger partial charge is 0.379 e. The second kappa shape index (κ2) is 9.99. The highest BCUT2D eigenvalue weighted by Crippen LogP contribution is 2.28. The topological polar surface area (TPSA) is 96.0 Å². The molecule has 0 radical (unpaired) electrons. The molecule has 2 amide bonds. The van der Waals surface area contributed by atoms with E-state index in [9.17, 15) is 18.0 Å². The summed E-state index contributed by atoms with van der Waals surface area (Å²) in [6, 6.07) is 9.72. The summed E-state index contributed by atoms with van der Waals surface area (Å²) in [7, 11) is -2.29. The van der Waals surface area contributed by atoms with Gasteiger partial charge in [-0.1, -0.05) is 23.7 Å². The van der Waals surface area contributed by atoms with E-state index >= 15 is 0 Å². The molecule has 0 unspecified atom stereocenters. The molecule has 0 spiro atoms. The first-order valence-corrected chi connectivity index (χ1v) is 11.9. The highest BCUT2D eigenvalue weighted by atomic mass is 35.5. The predicted octanol–water partition coefficient (Wildman–Crippen LogP) is 2.69. The highest BCUT2D eigenvalue weighted by Gasteiger charge is 2.29. The fourth-order valence-electron chi connectivity index (χ4n) is 3.38. The molecule has 2 aromatic carbocycles. The van der Waals surface area contributed by atoms with Crippen LogP contribution in [0.5, 0.6) is 0 Å². The predicted molar refractivity (Wildman–Crippen MR) is 123 cm³/mol. The number of nitrogens with zero attached hydrogens (tertiary/aromatic N) is 2. The van der Waals surface area contributed by atoms with E-state index < -0.39 is 15.9 Å². The van der Waals surface area contributed by atoms with Crippen molar-refractivity contribution in [2.24, 2.45) is 0 Å². The van der Waals surface area contributed by atoms with Crippen LogP contribution in [0.15, 0.2) is 41.3 Å². The zero-order chi connectivity index (χ0) is 23.5. The quantitative estimate of drug-likeness (QED) is 0.687. The van der Waals surface area contributed by atoms with Crippen molar-refractivity contribution in [3.8, 4) is 0 Å². The average molecular weight is 480 g/mol. The summed E-state index contributed by atoms with van der Waals surface area (Å²) >= 11 is 6.16. The van der Waals surface area contributed by atoms with Gasteiger partial charge in [0.1, 0.15) is 4.90 Å². The third kappa shape index (κ3) is 5.29. The average Bonchev–Trinajstić information content (AvgIpc) is 2.77. The van der Waals surface area contributed by atoms with Gasteiger partial charge in [-0.15, -0.1) is 0 Å². The van der Waals surface area contributed by atoms with Gasteiger partial charge in [-0.3, -0.25) is 9.59 Å². The van der Waals surface area contributed by atoms with E-state index in [2.05, 4.69) is 5.32 Å². The Morgan fingerprint density at radius 1 is 1.16 bits per heavy atom. The van der Waals surface area contributed by atoms with E-state index in [0.29, 0.717) is 18.8 Å². The number of carbonyl (C=O) groups is 2. The van der Waals surface area contributed by atoms with Crippen LogP contribution in [0.25, 0.3) is 0 Å². The molecule has 1 fully saturated rings. The van der Waals surface area contributed by atoms with Crippen molar-refractivity contribution in [1.82, 2.24) is 9.21 Å². The maximum Gasteiger partial charge on any atom is 0.254 e. The second-order valence-electron chi connectivity index (χ2n) is 7.62. The van der Waals surface area contributed by atoms with Crippen LogP contribution in [0.1, 0.15) is 21.5 Å². The fraction of sp³-hybridized carbons (Fsp3) is 0.364. The SMILES string of the molecule is Cc1cccc(C(=O)N(C)CC(=O)Nc2ccc(Cl)c(S(=O)(=O)N3CCOCC3)c2)c1C. The lowest BCUT2D eigenvalue weighted by Crippen LogP contribution is -2.40. The molecule has 10 heteroatoms. The van der Waals surface area contributed by atoms with Gasteiger partial charge in [0.05, 0.1) is 24.8 Å². The molecule has 0 aromatic heterocycles. The summed E-state index contributed by atoms with van der Waals surface area (Å²) in [5, 5.41) is 2.72. The van der Waals surface area contributed by atoms with Crippen molar-refractivity contribution in [2.45, 2.75) is 18.7 Å². The number of ether oxygens (including phenoxy) is 1. The van der Waals surface area contributed by atoms with Crippen LogP contribution >= 0.6 is 11.6 Å². The Kier molecular flexibility index (Phi) is 7.55. The Bertz CT molecular complexity index is 1130. The Morgan fingerprint density at radius 3 is 2.53 bits per heavy atom. The van der Waals surface area contributed by atoms with E-state index in [1.54, 1.807) is 19.2 Å². The van der Waals surface area contributed by atoms with Crippen LogP contribution in [0, 0.1) is 13.8 Å². The third-order valence-corrected chi connectivity index (χ3v) is 7.75. The molecule has 0 aliphatic carbocycles. The Labute approximate surface area is 193 Å². The molecule has 1 aliphatic rings. The minimum atomic E-state index is -3.83. The van der Waals surface area contributed by atoms with E-state index in [0.717, 1.165) is 11.1 Å². The van der Waals surface area contributed by atoms with Crippen molar-refractivity contribution < 1.29 is 22.7 Å². The van der Waals surface area contributed by atoms with Gasteiger partial charge in [0.2, 0.25) is 15.9 Å². The highest BCUT2D eigenvalue weighted by molar-refractivity contribution is 7.89. The van der Waals surface area contributed by atoms with Gasteiger partial charge in [-0.05, 0) is 49.2 Å². The van der Waals surface area contributed by atoms with Crippen LogP contribution in [0.3, 0.4) is 0 Å². The molecule has 8 nitrogen and oxygen atoms in total. The van der Waals surface area contributed by atoms with Crippen LogP contribution in [0.4, 0.5) is 5.69 Å². The van der Waals surface area contributed by atoms with Crippen molar-refractivity contribution in [3.05, 3.63) is 58.1 Å². The Balaban J connectivity index is 1.72. The molecule has 0 saturated carbocycles. The number of benzene rings is 2. The molecule has 1 aliphatic heterocycles. The van der Waals surface area contributed by atoms with E-state index in [1.807, 2.05) is 19.9 Å². The Hall–Kier alpha value is -2.46.